The molecule has 0 saturated carbocycles. The van der Waals surface area contributed by atoms with Crippen molar-refractivity contribution < 1.29 is 17.9 Å². The van der Waals surface area contributed by atoms with Gasteiger partial charge >= 0.3 is 6.18 Å². The molecule has 0 amide bonds. The molecule has 0 aliphatic heterocycles. The minimum Gasteiger partial charge on any atom is -0.364 e. The van der Waals surface area contributed by atoms with Crippen molar-refractivity contribution in [2.75, 3.05) is 6.54 Å². The maximum absolute atomic E-state index is 12.2. The van der Waals surface area contributed by atoms with Gasteiger partial charge in [0.15, 0.2) is 6.10 Å². The molecule has 0 heterocycles. The van der Waals surface area contributed by atoms with Gasteiger partial charge in [0.05, 0.1) is 6.10 Å². The van der Waals surface area contributed by atoms with Crippen molar-refractivity contribution in [3.8, 4) is 0 Å². The van der Waals surface area contributed by atoms with E-state index in [4.69, 9.17) is 10.5 Å². The Morgan fingerprint density at radius 1 is 1.21 bits per heavy atom. The van der Waals surface area contributed by atoms with Crippen molar-refractivity contribution in [1.82, 2.24) is 0 Å². The van der Waals surface area contributed by atoms with Crippen LogP contribution in [0, 0.1) is 5.41 Å². The molecule has 0 aromatic rings. The van der Waals surface area contributed by atoms with Crippen LogP contribution in [0.2, 0.25) is 0 Å². The van der Waals surface area contributed by atoms with Gasteiger partial charge in [0.1, 0.15) is 0 Å². The number of nitrogens with two attached hydrogens (primary N) is 1. The zero-order chi connectivity index (χ0) is 11.6. The monoisotopic (exact) mass is 213 g/mol. The topological polar surface area (TPSA) is 35.2 Å². The third kappa shape index (κ3) is 4.28. The number of hydrogen-bond acceptors (Lipinski definition) is 2. The van der Waals surface area contributed by atoms with E-state index in [1.165, 1.54) is 0 Å². The summed E-state index contributed by atoms with van der Waals surface area (Å²) in [6.45, 7) is 6.48. The molecule has 0 aliphatic carbocycles. The number of ether oxygens (including phenoxy) is 1. The average molecular weight is 213 g/mol. The summed E-state index contributed by atoms with van der Waals surface area (Å²) in [7, 11) is 0. The fourth-order valence-electron chi connectivity index (χ4n) is 0.937. The van der Waals surface area contributed by atoms with Crippen LogP contribution < -0.4 is 5.73 Å². The van der Waals surface area contributed by atoms with Crippen LogP contribution in [0.3, 0.4) is 0 Å². The van der Waals surface area contributed by atoms with E-state index in [-0.39, 0.29) is 12.0 Å². The molecule has 0 bridgehead atoms. The van der Waals surface area contributed by atoms with Gasteiger partial charge in [-0.15, -0.1) is 0 Å². The molecule has 5 heteroatoms. The lowest BCUT2D eigenvalue weighted by molar-refractivity contribution is -0.234. The number of rotatable bonds is 3. The molecule has 0 spiro atoms. The molecule has 14 heavy (non-hydrogen) atoms. The number of halogens is 3. The molecule has 0 rings (SSSR count). The fourth-order valence-corrected chi connectivity index (χ4v) is 0.937. The van der Waals surface area contributed by atoms with Crippen LogP contribution in [-0.2, 0) is 4.74 Å². The second-order valence-electron chi connectivity index (χ2n) is 4.41. The van der Waals surface area contributed by atoms with Gasteiger partial charge in [0, 0.05) is 6.54 Å². The van der Waals surface area contributed by atoms with Gasteiger partial charge in [-0.1, -0.05) is 20.8 Å². The summed E-state index contributed by atoms with van der Waals surface area (Å²) >= 11 is 0. The van der Waals surface area contributed by atoms with Gasteiger partial charge in [-0.05, 0) is 12.3 Å². The molecule has 0 aromatic heterocycles. The maximum atomic E-state index is 12.2. The van der Waals surface area contributed by atoms with Crippen LogP contribution in [0.15, 0.2) is 0 Å². The largest absolute Gasteiger partial charge is 0.414 e. The fraction of sp³-hybridized carbons (Fsp3) is 1.00. The van der Waals surface area contributed by atoms with Gasteiger partial charge in [-0.3, -0.25) is 0 Å². The predicted molar refractivity (Wildman–Crippen MR) is 48.9 cm³/mol. The summed E-state index contributed by atoms with van der Waals surface area (Å²) in [4.78, 5) is 0. The van der Waals surface area contributed by atoms with E-state index < -0.39 is 18.4 Å². The van der Waals surface area contributed by atoms with Crippen LogP contribution in [0.25, 0.3) is 0 Å². The minimum absolute atomic E-state index is 0.0872. The Morgan fingerprint density at radius 2 is 1.64 bits per heavy atom. The first-order chi connectivity index (χ1) is 6.09. The molecule has 0 aromatic carbocycles. The number of alkyl halides is 3. The van der Waals surface area contributed by atoms with E-state index in [1.54, 1.807) is 20.8 Å². The molecule has 2 N–H and O–H groups in total. The first kappa shape index (κ1) is 13.7. The van der Waals surface area contributed by atoms with Crippen LogP contribution in [-0.4, -0.2) is 24.9 Å². The molecule has 2 unspecified atom stereocenters. The first-order valence-electron chi connectivity index (χ1n) is 4.51. The predicted octanol–water partition coefficient (Wildman–Crippen LogP) is 2.33. The van der Waals surface area contributed by atoms with E-state index in [1.807, 2.05) is 0 Å². The summed E-state index contributed by atoms with van der Waals surface area (Å²) < 4.78 is 41.4. The molecule has 0 saturated heterocycles. The highest BCUT2D eigenvalue weighted by molar-refractivity contribution is 4.77. The second-order valence-corrected chi connectivity index (χ2v) is 4.41. The van der Waals surface area contributed by atoms with Crippen molar-refractivity contribution in [1.29, 1.82) is 0 Å². The summed E-state index contributed by atoms with van der Waals surface area (Å²) in [5.41, 5.74) is 4.98. The number of hydrogen-bond donors (Lipinski definition) is 1. The lowest BCUT2D eigenvalue weighted by Crippen LogP contribution is -2.42. The highest BCUT2D eigenvalue weighted by Gasteiger charge is 2.40. The van der Waals surface area contributed by atoms with Gasteiger partial charge < -0.3 is 10.5 Å². The second kappa shape index (κ2) is 4.49. The third-order valence-electron chi connectivity index (χ3n) is 2.01. The Balaban J connectivity index is 4.34. The van der Waals surface area contributed by atoms with Gasteiger partial charge in [0.2, 0.25) is 0 Å². The smallest absolute Gasteiger partial charge is 0.364 e. The molecule has 86 valence electrons. The van der Waals surface area contributed by atoms with E-state index in [9.17, 15) is 13.2 Å². The highest BCUT2D eigenvalue weighted by atomic mass is 19.4. The van der Waals surface area contributed by atoms with Crippen molar-refractivity contribution in [2.24, 2.45) is 11.1 Å². The highest BCUT2D eigenvalue weighted by Crippen LogP contribution is 2.28. The van der Waals surface area contributed by atoms with E-state index in [2.05, 4.69) is 0 Å². The Labute approximate surface area is 82.6 Å². The zero-order valence-corrected chi connectivity index (χ0v) is 8.98. The molecular weight excluding hydrogens is 195 g/mol. The van der Waals surface area contributed by atoms with Crippen LogP contribution in [0.1, 0.15) is 27.7 Å². The van der Waals surface area contributed by atoms with Crippen molar-refractivity contribution >= 4 is 0 Å². The molecular formula is C9H18F3NO. The minimum atomic E-state index is -4.32. The standard InChI is InChI=1S/C9H18F3NO/c1-6(9(10,11)12)14-7(5-13)8(2,3)4/h6-7H,5,13H2,1-4H3. The Morgan fingerprint density at radius 3 is 1.86 bits per heavy atom. The lowest BCUT2D eigenvalue weighted by Gasteiger charge is -2.32. The third-order valence-corrected chi connectivity index (χ3v) is 2.01. The average Bonchev–Trinajstić information content (AvgIpc) is 1.95. The molecule has 2 nitrogen and oxygen atoms in total. The SMILES string of the molecule is CC(OC(CN)C(C)(C)C)C(F)(F)F. The Hall–Kier alpha value is -0.290. The van der Waals surface area contributed by atoms with Crippen LogP contribution >= 0.6 is 0 Å². The molecule has 2 atom stereocenters. The zero-order valence-electron chi connectivity index (χ0n) is 8.98. The molecule has 0 radical (unpaired) electrons. The van der Waals surface area contributed by atoms with Crippen LogP contribution in [0.4, 0.5) is 13.2 Å². The van der Waals surface area contributed by atoms with Gasteiger partial charge in [-0.2, -0.15) is 13.2 Å². The summed E-state index contributed by atoms with van der Waals surface area (Å²) in [6.07, 6.45) is -6.67. The van der Waals surface area contributed by atoms with Gasteiger partial charge in [-0.25, -0.2) is 0 Å². The van der Waals surface area contributed by atoms with E-state index >= 15 is 0 Å². The lowest BCUT2D eigenvalue weighted by atomic mass is 9.89. The summed E-state index contributed by atoms with van der Waals surface area (Å²) in [5, 5.41) is 0. The quantitative estimate of drug-likeness (QED) is 0.780. The Kier molecular flexibility index (Phi) is 4.39. The van der Waals surface area contributed by atoms with Crippen molar-refractivity contribution in [3.05, 3.63) is 0 Å². The van der Waals surface area contributed by atoms with Crippen molar-refractivity contribution in [3.63, 3.8) is 0 Å². The van der Waals surface area contributed by atoms with Gasteiger partial charge in [0.25, 0.3) is 0 Å². The molecule has 0 aliphatic rings. The van der Waals surface area contributed by atoms with Crippen LogP contribution in [0.5, 0.6) is 0 Å². The summed E-state index contributed by atoms with van der Waals surface area (Å²) in [5.74, 6) is 0. The normalized spacial score (nSPS) is 18.0. The first-order valence-corrected chi connectivity index (χ1v) is 4.51. The van der Waals surface area contributed by atoms with E-state index in [0.717, 1.165) is 6.92 Å². The Bertz CT molecular complexity index is 174. The van der Waals surface area contributed by atoms with E-state index in [0.29, 0.717) is 0 Å². The maximum Gasteiger partial charge on any atom is 0.414 e. The molecule has 0 fully saturated rings. The van der Waals surface area contributed by atoms with Crippen molar-refractivity contribution in [2.45, 2.75) is 46.1 Å². The summed E-state index contributed by atoms with van der Waals surface area (Å²) in [6, 6.07) is 0.